The van der Waals surface area contributed by atoms with Crippen LogP contribution in [0.25, 0.3) is 16.3 Å². The van der Waals surface area contributed by atoms with E-state index < -0.39 is 0 Å². The van der Waals surface area contributed by atoms with Crippen molar-refractivity contribution in [2.45, 2.75) is 76.8 Å². The lowest BCUT2D eigenvalue weighted by atomic mass is 9.94. The average Bonchev–Trinajstić information content (AvgIpc) is 3.40. The Morgan fingerprint density at radius 1 is 0.892 bits per heavy atom. The quantitative estimate of drug-likeness (QED) is 0.301. The first-order valence-corrected chi connectivity index (χ1v) is 15.0. The number of thioether (sulfide) groups is 1. The van der Waals surface area contributed by atoms with Gasteiger partial charge in [0.25, 0.3) is 5.01 Å². The molecule has 2 aliphatic rings. The van der Waals surface area contributed by atoms with E-state index in [1.165, 1.54) is 42.0 Å². The number of anilines is 1. The summed E-state index contributed by atoms with van der Waals surface area (Å²) in [6.07, 6.45) is 12.2. The van der Waals surface area contributed by atoms with Gasteiger partial charge in [-0.05, 0) is 75.5 Å². The summed E-state index contributed by atoms with van der Waals surface area (Å²) < 4.78 is 3.75. The predicted molar refractivity (Wildman–Crippen MR) is 163 cm³/mol. The first-order chi connectivity index (χ1) is 17.5. The van der Waals surface area contributed by atoms with Gasteiger partial charge in [0.2, 0.25) is 5.52 Å². The van der Waals surface area contributed by atoms with Gasteiger partial charge in [-0.15, -0.1) is 0 Å². The number of hydrogen-bond donors (Lipinski definition) is 0. The van der Waals surface area contributed by atoms with E-state index in [4.69, 9.17) is 11.6 Å². The molecule has 0 radical (unpaired) electrons. The standard InChI is InChI=1S/C32H36ClN2S2/c1-31(2,3)34-24-14-7-9-16-26(24)36-28(34)20-18-22-12-11-13-23(30(22)33)19-21-29-35(32(4,5)6)25-15-8-10-17-27(25)37-29/h7-10,14-21H,11-13H2,1-6H3/q+1. The first-order valence-electron chi connectivity index (χ1n) is 13.0. The normalized spacial score (nSPS) is 19.2. The molecule has 0 amide bonds. The van der Waals surface area contributed by atoms with Crippen LogP contribution in [0, 0.1) is 0 Å². The fraction of sp³-hybridized carbons (Fsp3) is 0.344. The van der Waals surface area contributed by atoms with E-state index in [-0.39, 0.29) is 11.1 Å². The minimum Gasteiger partial charge on any atom is -0.330 e. The van der Waals surface area contributed by atoms with Crippen LogP contribution in [0.1, 0.15) is 65.8 Å². The molecule has 37 heavy (non-hydrogen) atoms. The molecule has 5 heteroatoms. The highest BCUT2D eigenvalue weighted by Gasteiger charge is 2.33. The first kappa shape index (κ1) is 26.3. The van der Waals surface area contributed by atoms with E-state index in [9.17, 15) is 0 Å². The van der Waals surface area contributed by atoms with Gasteiger partial charge in [0, 0.05) is 48.4 Å². The molecule has 192 valence electrons. The highest BCUT2D eigenvalue weighted by Crippen LogP contribution is 2.49. The zero-order valence-electron chi connectivity index (χ0n) is 22.6. The Bertz CT molecular complexity index is 1460. The Labute approximate surface area is 235 Å². The van der Waals surface area contributed by atoms with Gasteiger partial charge >= 0.3 is 0 Å². The van der Waals surface area contributed by atoms with Gasteiger partial charge in [-0.1, -0.05) is 71.1 Å². The van der Waals surface area contributed by atoms with Crippen LogP contribution >= 0.6 is 34.7 Å². The lowest BCUT2D eigenvalue weighted by Gasteiger charge is -2.34. The van der Waals surface area contributed by atoms with E-state index in [1.807, 2.05) is 23.1 Å². The summed E-state index contributed by atoms with van der Waals surface area (Å²) >= 11 is 10.7. The van der Waals surface area contributed by atoms with Crippen molar-refractivity contribution in [3.63, 3.8) is 0 Å². The molecule has 1 aliphatic carbocycles. The van der Waals surface area contributed by atoms with E-state index in [2.05, 4.69) is 124 Å². The summed E-state index contributed by atoms with van der Waals surface area (Å²) in [4.78, 5) is 3.75. The number of thiazole rings is 1. The van der Waals surface area contributed by atoms with Crippen LogP contribution in [-0.2, 0) is 5.54 Å². The lowest BCUT2D eigenvalue weighted by molar-refractivity contribution is -0.728. The maximum absolute atomic E-state index is 7.03. The third-order valence-electron chi connectivity index (χ3n) is 6.73. The summed E-state index contributed by atoms with van der Waals surface area (Å²) in [5, 5.41) is 3.42. The van der Waals surface area contributed by atoms with Gasteiger partial charge < -0.3 is 4.90 Å². The van der Waals surface area contributed by atoms with Crippen LogP contribution in [0.3, 0.4) is 0 Å². The molecule has 2 nitrogen and oxygen atoms in total. The average molecular weight is 548 g/mol. The molecule has 0 fully saturated rings. The van der Waals surface area contributed by atoms with Crippen molar-refractivity contribution in [1.29, 1.82) is 0 Å². The molecular formula is C32H36ClN2S2+. The van der Waals surface area contributed by atoms with Crippen LogP contribution in [0.2, 0.25) is 0 Å². The van der Waals surface area contributed by atoms with Crippen molar-refractivity contribution in [2.75, 3.05) is 4.90 Å². The predicted octanol–water partition coefficient (Wildman–Crippen LogP) is 9.81. The molecule has 2 aromatic carbocycles. The largest absolute Gasteiger partial charge is 0.330 e. The molecule has 1 aromatic heterocycles. The van der Waals surface area contributed by atoms with E-state index in [1.54, 1.807) is 0 Å². The van der Waals surface area contributed by atoms with Gasteiger partial charge in [-0.25, -0.2) is 0 Å². The Morgan fingerprint density at radius 3 is 2.38 bits per heavy atom. The lowest BCUT2D eigenvalue weighted by Crippen LogP contribution is -2.51. The molecule has 5 rings (SSSR count). The molecule has 0 unspecified atom stereocenters. The third-order valence-corrected chi connectivity index (χ3v) is 9.41. The molecule has 0 N–H and O–H groups in total. The maximum atomic E-state index is 7.03. The van der Waals surface area contributed by atoms with Crippen LogP contribution in [0.4, 0.5) is 5.69 Å². The number of aromatic nitrogens is 1. The minimum absolute atomic E-state index is 0.00326. The number of nitrogens with zero attached hydrogens (tertiary/aromatic N) is 2. The van der Waals surface area contributed by atoms with Gasteiger partial charge in [0.1, 0.15) is 4.70 Å². The second-order valence-corrected chi connectivity index (χ2v) is 14.2. The van der Waals surface area contributed by atoms with Crippen molar-refractivity contribution < 1.29 is 4.57 Å². The topological polar surface area (TPSA) is 7.12 Å². The van der Waals surface area contributed by atoms with Crippen LogP contribution < -0.4 is 9.47 Å². The van der Waals surface area contributed by atoms with Crippen LogP contribution in [-0.4, -0.2) is 5.54 Å². The Hall–Kier alpha value is -2.27. The van der Waals surface area contributed by atoms with E-state index in [0.717, 1.165) is 24.3 Å². The maximum Gasteiger partial charge on any atom is 0.263 e. The molecule has 0 saturated heterocycles. The zero-order chi connectivity index (χ0) is 26.4. The van der Waals surface area contributed by atoms with Crippen molar-refractivity contribution >= 4 is 56.7 Å². The number of hydrogen-bond acceptors (Lipinski definition) is 3. The Morgan fingerprint density at radius 2 is 1.62 bits per heavy atom. The Kier molecular flexibility index (Phi) is 7.21. The summed E-state index contributed by atoms with van der Waals surface area (Å²) in [6, 6.07) is 17.3. The van der Waals surface area contributed by atoms with Crippen molar-refractivity contribution in [2.24, 2.45) is 0 Å². The molecule has 0 spiro atoms. The number of para-hydroxylation sites is 2. The number of allylic oxidation sites excluding steroid dienone is 6. The smallest absolute Gasteiger partial charge is 0.263 e. The second kappa shape index (κ2) is 10.1. The van der Waals surface area contributed by atoms with Crippen LogP contribution in [0.15, 0.2) is 92.9 Å². The van der Waals surface area contributed by atoms with Gasteiger partial charge in [0.05, 0.1) is 10.7 Å². The third kappa shape index (κ3) is 5.34. The summed E-state index contributed by atoms with van der Waals surface area (Å²) in [5.41, 5.74) is 5.02. The van der Waals surface area contributed by atoms with Crippen molar-refractivity contribution in [1.82, 2.24) is 0 Å². The second-order valence-electron chi connectivity index (χ2n) is 11.7. The molecule has 2 heterocycles. The fourth-order valence-corrected chi connectivity index (χ4v) is 7.95. The van der Waals surface area contributed by atoms with Gasteiger partial charge in [0.15, 0.2) is 5.54 Å². The number of fused-ring (bicyclic) bond motifs is 2. The molecular weight excluding hydrogens is 512 g/mol. The highest BCUT2D eigenvalue weighted by molar-refractivity contribution is 8.03. The highest BCUT2D eigenvalue weighted by atomic mass is 35.5. The number of halogens is 1. The zero-order valence-corrected chi connectivity index (χ0v) is 25.0. The molecule has 0 bridgehead atoms. The molecule has 0 saturated carbocycles. The number of rotatable bonds is 3. The van der Waals surface area contributed by atoms with Crippen molar-refractivity contribution in [3.8, 4) is 0 Å². The summed E-state index contributed by atoms with van der Waals surface area (Å²) in [6.45, 7) is 13.6. The molecule has 1 aliphatic heterocycles. The van der Waals surface area contributed by atoms with E-state index in [0.29, 0.717) is 0 Å². The van der Waals surface area contributed by atoms with Crippen molar-refractivity contribution in [3.05, 3.63) is 93.0 Å². The fourth-order valence-electron chi connectivity index (χ4n) is 5.16. The molecule has 0 atom stereocenters. The monoisotopic (exact) mass is 547 g/mol. The minimum atomic E-state index is -0.00326. The van der Waals surface area contributed by atoms with Gasteiger partial charge in [-0.2, -0.15) is 4.57 Å². The summed E-state index contributed by atoms with van der Waals surface area (Å²) in [5.74, 6) is 0. The van der Waals surface area contributed by atoms with Crippen LogP contribution in [0.5, 0.6) is 0 Å². The number of benzene rings is 2. The van der Waals surface area contributed by atoms with E-state index >= 15 is 0 Å². The molecule has 3 aromatic rings. The summed E-state index contributed by atoms with van der Waals surface area (Å²) in [7, 11) is 0. The van der Waals surface area contributed by atoms with Gasteiger partial charge in [-0.3, -0.25) is 0 Å². The SMILES string of the molecule is CC(C)(C)N1/C(=C/C=C2\CCCC(/C=C/c3sc4ccccc4[n+]3C(C)(C)C)=C2Cl)Sc2ccccc21. The Balaban J connectivity index is 1.47.